The largest absolute Gasteiger partial charge is 0.432 e. The van der Waals surface area contributed by atoms with Gasteiger partial charge in [-0.25, -0.2) is 8.78 Å². The molecule has 1 aliphatic heterocycles. The van der Waals surface area contributed by atoms with Crippen LogP contribution in [-0.4, -0.2) is 18.8 Å². The monoisotopic (exact) mass is 362 g/mol. The lowest BCUT2D eigenvalue weighted by atomic mass is 9.77. The van der Waals surface area contributed by atoms with E-state index in [0.29, 0.717) is 43.6 Å². The van der Waals surface area contributed by atoms with Crippen LogP contribution in [0.25, 0.3) is 0 Å². The molecule has 2 aliphatic rings. The molecule has 1 heterocycles. The lowest BCUT2D eigenvalue weighted by Gasteiger charge is -2.38. The van der Waals surface area contributed by atoms with Crippen LogP contribution in [-0.2, 0) is 4.74 Å². The molecule has 0 bridgehead atoms. The summed E-state index contributed by atoms with van der Waals surface area (Å²) in [6, 6.07) is 2.47. The predicted molar refractivity (Wildman–Crippen MR) is 87.6 cm³/mol. The highest BCUT2D eigenvalue weighted by atomic mass is 19.3. The number of benzene rings is 1. The molecule has 0 radical (unpaired) electrons. The van der Waals surface area contributed by atoms with Gasteiger partial charge in [0.25, 0.3) is 0 Å². The van der Waals surface area contributed by atoms with Crippen LogP contribution in [0, 0.1) is 29.4 Å². The van der Waals surface area contributed by atoms with Crippen molar-refractivity contribution in [1.29, 1.82) is 0 Å². The van der Waals surface area contributed by atoms with Crippen LogP contribution < -0.4 is 4.74 Å². The van der Waals surface area contributed by atoms with Gasteiger partial charge >= 0.3 is 6.11 Å². The quantitative estimate of drug-likeness (QED) is 0.630. The van der Waals surface area contributed by atoms with E-state index in [9.17, 15) is 17.6 Å². The fourth-order valence-electron chi connectivity index (χ4n) is 3.88. The van der Waals surface area contributed by atoms with Gasteiger partial charge in [0.15, 0.2) is 11.6 Å². The highest BCUT2D eigenvalue weighted by molar-refractivity contribution is 5.24. The molecule has 2 unspecified atom stereocenters. The van der Waals surface area contributed by atoms with Gasteiger partial charge < -0.3 is 9.47 Å². The van der Waals surface area contributed by atoms with Crippen molar-refractivity contribution in [2.45, 2.75) is 57.7 Å². The SMILES string of the molecule is CC1CCC(C2CCC(C(F)(F)Oc3ccc(F)c(F)c3)CC2)OC1.[HH]. The standard InChI is InChI=1S/C19H24F4O2.H2/c1-12-2-9-18(24-11-12)13-3-5-14(6-4-13)19(22,23)25-15-7-8-16(20)17(21)10-15;/h7-8,10,12-14,18H,2-6,9,11H2,1H3;1H. The molecule has 2 fully saturated rings. The summed E-state index contributed by atoms with van der Waals surface area (Å²) in [5, 5.41) is 0. The molecular formula is C19H26F4O2. The van der Waals surface area contributed by atoms with E-state index in [-0.39, 0.29) is 13.3 Å². The first-order chi connectivity index (χ1) is 11.8. The summed E-state index contributed by atoms with van der Waals surface area (Å²) in [4.78, 5) is 0. The molecule has 1 aromatic rings. The normalized spacial score (nSPS) is 30.9. The molecule has 0 N–H and O–H groups in total. The fraction of sp³-hybridized carbons (Fsp3) is 0.684. The Bertz CT molecular complexity index is 583. The predicted octanol–water partition coefficient (Wildman–Crippen LogP) is 5.80. The average Bonchev–Trinajstić information content (AvgIpc) is 2.59. The van der Waals surface area contributed by atoms with E-state index in [1.165, 1.54) is 0 Å². The Kier molecular flexibility index (Phi) is 5.56. The molecular weight excluding hydrogens is 336 g/mol. The van der Waals surface area contributed by atoms with E-state index >= 15 is 0 Å². The van der Waals surface area contributed by atoms with Crippen LogP contribution in [0.2, 0.25) is 0 Å². The van der Waals surface area contributed by atoms with Gasteiger partial charge in [0.05, 0.1) is 12.0 Å². The molecule has 2 atom stereocenters. The third-order valence-corrected chi connectivity index (χ3v) is 5.46. The van der Waals surface area contributed by atoms with Gasteiger partial charge in [-0.3, -0.25) is 0 Å². The van der Waals surface area contributed by atoms with E-state index in [1.54, 1.807) is 0 Å². The average molecular weight is 362 g/mol. The highest BCUT2D eigenvalue weighted by Crippen LogP contribution is 2.42. The number of alkyl halides is 2. The maximum Gasteiger partial charge on any atom is 0.400 e. The molecule has 1 saturated carbocycles. The van der Waals surface area contributed by atoms with Gasteiger partial charge in [-0.15, -0.1) is 0 Å². The number of ether oxygens (including phenoxy) is 2. The number of hydrogen-bond donors (Lipinski definition) is 0. The number of hydrogen-bond acceptors (Lipinski definition) is 2. The van der Waals surface area contributed by atoms with Gasteiger partial charge in [-0.05, 0) is 62.5 Å². The molecule has 6 heteroatoms. The van der Waals surface area contributed by atoms with Gasteiger partial charge in [-0.1, -0.05) is 6.92 Å². The summed E-state index contributed by atoms with van der Waals surface area (Å²) in [7, 11) is 0. The van der Waals surface area contributed by atoms with E-state index in [2.05, 4.69) is 6.92 Å². The lowest BCUT2D eigenvalue weighted by Crippen LogP contribution is -2.40. The Balaban J connectivity index is 0.00000243. The van der Waals surface area contributed by atoms with Gasteiger partial charge in [0.1, 0.15) is 5.75 Å². The van der Waals surface area contributed by atoms with E-state index in [4.69, 9.17) is 9.47 Å². The van der Waals surface area contributed by atoms with Gasteiger partial charge in [-0.2, -0.15) is 8.78 Å². The summed E-state index contributed by atoms with van der Waals surface area (Å²) >= 11 is 0. The summed E-state index contributed by atoms with van der Waals surface area (Å²) in [5.74, 6) is -2.65. The topological polar surface area (TPSA) is 18.5 Å². The van der Waals surface area contributed by atoms with Crippen molar-refractivity contribution >= 4 is 0 Å². The first kappa shape index (κ1) is 18.5. The van der Waals surface area contributed by atoms with Crippen LogP contribution in [0.3, 0.4) is 0 Å². The number of rotatable bonds is 4. The fourth-order valence-corrected chi connectivity index (χ4v) is 3.88. The van der Waals surface area contributed by atoms with Crippen molar-refractivity contribution in [2.75, 3.05) is 6.61 Å². The summed E-state index contributed by atoms with van der Waals surface area (Å²) in [5.41, 5.74) is 0. The molecule has 0 spiro atoms. The third kappa shape index (κ3) is 4.46. The van der Waals surface area contributed by atoms with Crippen molar-refractivity contribution in [2.24, 2.45) is 17.8 Å². The zero-order chi connectivity index (χ0) is 18.0. The first-order valence-electron chi connectivity index (χ1n) is 8.98. The van der Waals surface area contributed by atoms with Crippen molar-refractivity contribution in [3.63, 3.8) is 0 Å². The Morgan fingerprint density at radius 3 is 2.36 bits per heavy atom. The minimum atomic E-state index is -3.39. The Hall–Kier alpha value is -1.30. The van der Waals surface area contributed by atoms with Crippen LogP contribution in [0.5, 0.6) is 5.75 Å². The molecule has 2 nitrogen and oxygen atoms in total. The zero-order valence-electron chi connectivity index (χ0n) is 14.3. The summed E-state index contributed by atoms with van der Waals surface area (Å²) in [6.45, 7) is 2.91. The highest BCUT2D eigenvalue weighted by Gasteiger charge is 2.45. The van der Waals surface area contributed by atoms with Gasteiger partial charge in [0, 0.05) is 14.1 Å². The molecule has 0 aromatic heterocycles. The van der Waals surface area contributed by atoms with Crippen LogP contribution in [0.15, 0.2) is 18.2 Å². The zero-order valence-corrected chi connectivity index (χ0v) is 14.3. The van der Waals surface area contributed by atoms with Crippen LogP contribution >= 0.6 is 0 Å². The minimum absolute atomic E-state index is 0. The third-order valence-electron chi connectivity index (χ3n) is 5.46. The molecule has 1 aliphatic carbocycles. The smallest absolute Gasteiger partial charge is 0.400 e. The van der Waals surface area contributed by atoms with E-state index < -0.39 is 23.7 Å². The molecule has 1 saturated heterocycles. The Labute approximate surface area is 147 Å². The van der Waals surface area contributed by atoms with Crippen LogP contribution in [0.4, 0.5) is 17.6 Å². The first-order valence-corrected chi connectivity index (χ1v) is 8.98. The maximum atomic E-state index is 14.4. The molecule has 25 heavy (non-hydrogen) atoms. The second-order valence-electron chi connectivity index (χ2n) is 7.41. The Morgan fingerprint density at radius 1 is 1.04 bits per heavy atom. The lowest BCUT2D eigenvalue weighted by molar-refractivity contribution is -0.225. The van der Waals surface area contributed by atoms with Crippen molar-refractivity contribution in [3.05, 3.63) is 29.8 Å². The number of halogens is 4. The molecule has 142 valence electrons. The van der Waals surface area contributed by atoms with Crippen LogP contribution in [0.1, 0.15) is 46.9 Å². The maximum absolute atomic E-state index is 14.4. The van der Waals surface area contributed by atoms with Crippen molar-refractivity contribution in [1.82, 2.24) is 0 Å². The Morgan fingerprint density at radius 2 is 1.76 bits per heavy atom. The minimum Gasteiger partial charge on any atom is -0.432 e. The molecule has 1 aromatic carbocycles. The molecule has 0 amide bonds. The van der Waals surface area contributed by atoms with Crippen molar-refractivity contribution < 1.29 is 28.5 Å². The second kappa shape index (κ2) is 7.52. The van der Waals surface area contributed by atoms with Crippen molar-refractivity contribution in [3.8, 4) is 5.75 Å². The van der Waals surface area contributed by atoms with E-state index in [1.807, 2.05) is 0 Å². The second-order valence-corrected chi connectivity index (χ2v) is 7.41. The van der Waals surface area contributed by atoms with E-state index in [0.717, 1.165) is 31.6 Å². The summed E-state index contributed by atoms with van der Waals surface area (Å²) < 4.78 is 65.4. The van der Waals surface area contributed by atoms with Gasteiger partial charge in [0.2, 0.25) is 0 Å². The summed E-state index contributed by atoms with van der Waals surface area (Å²) in [6.07, 6.45) is 0.960. The molecule has 3 rings (SSSR count).